The summed E-state index contributed by atoms with van der Waals surface area (Å²) in [5.74, 6) is -3.21. The SMILES string of the molecule is O=C(O)N1CCN(c2nc(-c3scnc3Cl)nc(Cl)c2Cl)CC(F)(F)C1. The Kier molecular flexibility index (Phi) is 5.38. The van der Waals surface area contributed by atoms with E-state index in [1.165, 1.54) is 10.4 Å². The normalized spacial score (nSPS) is 17.3. The molecule has 1 aliphatic heterocycles. The third-order valence-corrected chi connectivity index (χ3v) is 5.51. The number of nitrogens with zero attached hydrogens (tertiary/aromatic N) is 5. The van der Waals surface area contributed by atoms with E-state index >= 15 is 0 Å². The van der Waals surface area contributed by atoms with Crippen LogP contribution in [0.15, 0.2) is 5.51 Å². The van der Waals surface area contributed by atoms with Crippen molar-refractivity contribution in [3.8, 4) is 10.7 Å². The van der Waals surface area contributed by atoms with Gasteiger partial charge in [-0.15, -0.1) is 11.3 Å². The van der Waals surface area contributed by atoms with Crippen molar-refractivity contribution in [3.05, 3.63) is 20.8 Å². The van der Waals surface area contributed by atoms with Crippen LogP contribution in [-0.2, 0) is 0 Å². The van der Waals surface area contributed by atoms with Crippen LogP contribution in [-0.4, -0.2) is 63.2 Å². The molecule has 1 saturated heterocycles. The Morgan fingerprint density at radius 2 is 1.92 bits per heavy atom. The molecule has 0 bridgehead atoms. The number of thiazole rings is 1. The molecule has 0 spiro atoms. The monoisotopic (exact) mass is 443 g/mol. The second-order valence-corrected chi connectivity index (χ2v) is 7.38. The van der Waals surface area contributed by atoms with E-state index in [-0.39, 0.29) is 40.1 Å². The van der Waals surface area contributed by atoms with Gasteiger partial charge >= 0.3 is 6.09 Å². The molecule has 26 heavy (non-hydrogen) atoms. The van der Waals surface area contributed by atoms with Gasteiger partial charge in [-0.3, -0.25) is 0 Å². The predicted octanol–water partition coefficient (Wildman–Crippen LogP) is 4.00. The van der Waals surface area contributed by atoms with Gasteiger partial charge in [-0.05, 0) is 0 Å². The Hall–Kier alpha value is -1.49. The molecule has 1 amide bonds. The zero-order valence-corrected chi connectivity index (χ0v) is 15.9. The first-order valence-electron chi connectivity index (χ1n) is 7.11. The molecule has 2 aromatic rings. The van der Waals surface area contributed by atoms with Crippen LogP contribution in [0, 0.1) is 0 Å². The zero-order chi connectivity index (χ0) is 19.1. The fraction of sp³-hybridized carbons (Fsp3) is 0.385. The molecule has 0 aliphatic carbocycles. The minimum Gasteiger partial charge on any atom is -0.465 e. The Bertz CT molecular complexity index is 853. The zero-order valence-electron chi connectivity index (χ0n) is 12.8. The maximum Gasteiger partial charge on any atom is 0.407 e. The van der Waals surface area contributed by atoms with Crippen molar-refractivity contribution in [2.45, 2.75) is 5.92 Å². The summed E-state index contributed by atoms with van der Waals surface area (Å²) in [4.78, 5) is 25.5. The van der Waals surface area contributed by atoms with E-state index in [0.717, 1.165) is 11.3 Å². The van der Waals surface area contributed by atoms with Crippen molar-refractivity contribution in [2.24, 2.45) is 0 Å². The Labute approximate surface area is 165 Å². The van der Waals surface area contributed by atoms with Crippen LogP contribution in [0.5, 0.6) is 0 Å². The summed E-state index contributed by atoms with van der Waals surface area (Å²) in [5.41, 5.74) is 1.48. The summed E-state index contributed by atoms with van der Waals surface area (Å²) < 4.78 is 28.4. The molecule has 1 N–H and O–H groups in total. The average Bonchev–Trinajstić information content (AvgIpc) is 2.90. The summed E-state index contributed by atoms with van der Waals surface area (Å²) in [7, 11) is 0. The molecule has 13 heteroatoms. The molecule has 0 saturated carbocycles. The second kappa shape index (κ2) is 7.26. The lowest BCUT2D eigenvalue weighted by molar-refractivity contribution is -0.0117. The van der Waals surface area contributed by atoms with E-state index in [1.54, 1.807) is 0 Å². The number of rotatable bonds is 2. The lowest BCUT2D eigenvalue weighted by Crippen LogP contribution is -2.41. The topological polar surface area (TPSA) is 82.5 Å². The Morgan fingerprint density at radius 1 is 1.19 bits per heavy atom. The number of amides is 1. The third kappa shape index (κ3) is 3.93. The van der Waals surface area contributed by atoms with Gasteiger partial charge in [0, 0.05) is 13.1 Å². The first-order valence-corrected chi connectivity index (χ1v) is 9.12. The van der Waals surface area contributed by atoms with Gasteiger partial charge in [0.1, 0.15) is 9.90 Å². The first-order chi connectivity index (χ1) is 12.2. The minimum absolute atomic E-state index is 0.0157. The quantitative estimate of drug-likeness (QED) is 0.705. The van der Waals surface area contributed by atoms with Crippen molar-refractivity contribution < 1.29 is 18.7 Å². The van der Waals surface area contributed by atoms with Gasteiger partial charge in [0.05, 0.1) is 18.6 Å². The predicted molar refractivity (Wildman–Crippen MR) is 94.9 cm³/mol. The highest BCUT2D eigenvalue weighted by atomic mass is 35.5. The number of alkyl halides is 2. The van der Waals surface area contributed by atoms with Crippen molar-refractivity contribution >= 4 is 58.1 Å². The molecule has 0 atom stereocenters. The first kappa shape index (κ1) is 19.3. The van der Waals surface area contributed by atoms with Crippen molar-refractivity contribution in [1.29, 1.82) is 0 Å². The van der Waals surface area contributed by atoms with Crippen LogP contribution in [0.1, 0.15) is 0 Å². The maximum atomic E-state index is 14.2. The molecular weight excluding hydrogens is 435 g/mol. The molecule has 140 valence electrons. The van der Waals surface area contributed by atoms with Crippen LogP contribution < -0.4 is 4.90 Å². The van der Waals surface area contributed by atoms with Crippen molar-refractivity contribution in [3.63, 3.8) is 0 Å². The van der Waals surface area contributed by atoms with E-state index in [2.05, 4.69) is 15.0 Å². The van der Waals surface area contributed by atoms with Gasteiger partial charge in [-0.2, -0.15) is 0 Å². The molecule has 3 rings (SSSR count). The highest BCUT2D eigenvalue weighted by Crippen LogP contribution is 2.37. The highest BCUT2D eigenvalue weighted by molar-refractivity contribution is 7.13. The van der Waals surface area contributed by atoms with E-state index in [1.807, 2.05) is 0 Å². The Morgan fingerprint density at radius 3 is 2.54 bits per heavy atom. The molecule has 3 heterocycles. The van der Waals surface area contributed by atoms with Gasteiger partial charge < -0.3 is 14.9 Å². The molecule has 2 aromatic heterocycles. The third-order valence-electron chi connectivity index (χ3n) is 3.57. The van der Waals surface area contributed by atoms with Crippen LogP contribution in [0.25, 0.3) is 10.7 Å². The van der Waals surface area contributed by atoms with Gasteiger partial charge in [0.2, 0.25) is 0 Å². The molecule has 1 aliphatic rings. The summed E-state index contributed by atoms with van der Waals surface area (Å²) >= 11 is 19.3. The standard InChI is InChI=1S/C13H10Cl3F2N5O2S/c14-6-8(15)20-10(7-9(16)19-5-26-7)21-11(6)22-1-2-23(12(24)25)4-13(17,18)3-22/h5H,1-4H2,(H,24,25). The number of hydrogen-bond donors (Lipinski definition) is 1. The van der Waals surface area contributed by atoms with E-state index < -0.39 is 25.1 Å². The highest BCUT2D eigenvalue weighted by Gasteiger charge is 2.40. The lowest BCUT2D eigenvalue weighted by atomic mass is 10.3. The number of hydrogen-bond acceptors (Lipinski definition) is 6. The average molecular weight is 445 g/mol. The molecule has 0 unspecified atom stereocenters. The van der Waals surface area contributed by atoms with Crippen molar-refractivity contribution in [1.82, 2.24) is 19.9 Å². The van der Waals surface area contributed by atoms with E-state index in [9.17, 15) is 13.6 Å². The number of halogens is 5. The smallest absolute Gasteiger partial charge is 0.407 e. The second-order valence-electron chi connectivity index (χ2n) is 5.43. The number of anilines is 1. The number of aromatic nitrogens is 3. The maximum absolute atomic E-state index is 14.2. The van der Waals surface area contributed by atoms with Gasteiger partial charge in [-0.1, -0.05) is 34.8 Å². The summed E-state index contributed by atoms with van der Waals surface area (Å²) in [6.07, 6.45) is -1.42. The summed E-state index contributed by atoms with van der Waals surface area (Å²) in [6.45, 7) is -1.85. The summed E-state index contributed by atoms with van der Waals surface area (Å²) in [6, 6.07) is 0. The van der Waals surface area contributed by atoms with Gasteiger partial charge in [-0.25, -0.2) is 28.5 Å². The largest absolute Gasteiger partial charge is 0.465 e. The fourth-order valence-corrected chi connectivity index (χ4v) is 3.75. The number of carbonyl (C=O) groups is 1. The fourth-order valence-electron chi connectivity index (χ4n) is 2.45. The number of carboxylic acid groups (broad SMARTS) is 1. The molecule has 0 radical (unpaired) electrons. The van der Waals surface area contributed by atoms with Crippen molar-refractivity contribution in [2.75, 3.05) is 31.1 Å². The van der Waals surface area contributed by atoms with Crippen LogP contribution in [0.4, 0.5) is 19.4 Å². The van der Waals surface area contributed by atoms with Crippen LogP contribution in [0.2, 0.25) is 15.3 Å². The molecule has 0 aromatic carbocycles. The van der Waals surface area contributed by atoms with Crippen LogP contribution in [0.3, 0.4) is 0 Å². The van der Waals surface area contributed by atoms with E-state index in [0.29, 0.717) is 9.78 Å². The van der Waals surface area contributed by atoms with Crippen LogP contribution >= 0.6 is 46.1 Å². The minimum atomic E-state index is -3.29. The lowest BCUT2D eigenvalue weighted by Gasteiger charge is -2.25. The van der Waals surface area contributed by atoms with E-state index in [4.69, 9.17) is 39.9 Å². The van der Waals surface area contributed by atoms with Gasteiger partial charge in [0.25, 0.3) is 5.92 Å². The van der Waals surface area contributed by atoms with Gasteiger partial charge in [0.15, 0.2) is 21.9 Å². The summed E-state index contributed by atoms with van der Waals surface area (Å²) in [5, 5.41) is 8.95. The molecular formula is C13H10Cl3F2N5O2S. The molecule has 7 nitrogen and oxygen atoms in total. The Balaban J connectivity index is 2.01. The molecule has 1 fully saturated rings.